The molecule has 19 heavy (non-hydrogen) atoms. The SMILES string of the molecule is CC1(CO)CCC(n2cnc3c(=O)[nH]c(N)nc32)O1. The molecule has 3 heterocycles. The Balaban J connectivity index is 2.05. The third kappa shape index (κ3) is 1.89. The van der Waals surface area contributed by atoms with Crippen LogP contribution >= 0.6 is 0 Å². The van der Waals surface area contributed by atoms with E-state index in [1.165, 1.54) is 6.33 Å². The number of aromatic amines is 1. The van der Waals surface area contributed by atoms with Crippen molar-refractivity contribution in [3.05, 3.63) is 16.7 Å². The third-order valence-corrected chi connectivity index (χ3v) is 3.44. The van der Waals surface area contributed by atoms with Crippen molar-refractivity contribution >= 4 is 17.1 Å². The largest absolute Gasteiger partial charge is 0.393 e. The van der Waals surface area contributed by atoms with Crippen molar-refractivity contribution in [2.45, 2.75) is 31.6 Å². The molecule has 2 aromatic heterocycles. The Morgan fingerprint density at radius 2 is 2.53 bits per heavy atom. The lowest BCUT2D eigenvalue weighted by molar-refractivity contribution is -0.0854. The molecule has 2 aromatic rings. The van der Waals surface area contributed by atoms with Gasteiger partial charge in [0.2, 0.25) is 5.95 Å². The van der Waals surface area contributed by atoms with E-state index >= 15 is 0 Å². The number of H-pyrrole nitrogens is 1. The van der Waals surface area contributed by atoms with E-state index in [1.807, 2.05) is 6.92 Å². The standard InChI is InChI=1S/C11H15N5O3/c1-11(4-17)3-2-6(19-11)16-5-13-7-8(16)14-10(12)15-9(7)18/h5-6,17H,2-4H2,1H3,(H3,12,14,15,18). The minimum absolute atomic E-state index is 0.0437. The molecule has 1 aliphatic heterocycles. The van der Waals surface area contributed by atoms with Crippen molar-refractivity contribution in [1.82, 2.24) is 19.5 Å². The van der Waals surface area contributed by atoms with E-state index in [1.54, 1.807) is 4.57 Å². The average molecular weight is 265 g/mol. The van der Waals surface area contributed by atoms with Crippen LogP contribution in [0.3, 0.4) is 0 Å². The molecule has 2 unspecified atom stereocenters. The number of aliphatic hydroxyl groups excluding tert-OH is 1. The summed E-state index contributed by atoms with van der Waals surface area (Å²) in [6, 6.07) is 0. The average Bonchev–Trinajstić information content (AvgIpc) is 2.94. The van der Waals surface area contributed by atoms with Crippen molar-refractivity contribution in [2.24, 2.45) is 0 Å². The number of nitrogens with one attached hydrogen (secondary N) is 1. The predicted molar refractivity (Wildman–Crippen MR) is 67.4 cm³/mol. The molecule has 8 heteroatoms. The van der Waals surface area contributed by atoms with Gasteiger partial charge in [0.05, 0.1) is 18.5 Å². The second-order valence-corrected chi connectivity index (χ2v) is 4.99. The summed E-state index contributed by atoms with van der Waals surface area (Å²) in [5.74, 6) is 0.0437. The quantitative estimate of drug-likeness (QED) is 0.689. The number of aromatic nitrogens is 4. The zero-order valence-corrected chi connectivity index (χ0v) is 10.5. The fourth-order valence-electron chi connectivity index (χ4n) is 2.34. The smallest absolute Gasteiger partial charge is 0.280 e. The zero-order valence-electron chi connectivity index (χ0n) is 10.5. The summed E-state index contributed by atoms with van der Waals surface area (Å²) in [4.78, 5) is 22.2. The summed E-state index contributed by atoms with van der Waals surface area (Å²) in [7, 11) is 0. The van der Waals surface area contributed by atoms with E-state index in [0.717, 1.165) is 12.8 Å². The molecule has 1 saturated heterocycles. The number of hydrogen-bond donors (Lipinski definition) is 3. The van der Waals surface area contributed by atoms with Crippen LogP contribution in [0, 0.1) is 0 Å². The Bertz CT molecular complexity index is 679. The molecule has 0 aliphatic carbocycles. The molecule has 0 saturated carbocycles. The summed E-state index contributed by atoms with van der Waals surface area (Å²) < 4.78 is 7.49. The maximum Gasteiger partial charge on any atom is 0.280 e. The molecule has 0 spiro atoms. The second-order valence-electron chi connectivity index (χ2n) is 4.99. The van der Waals surface area contributed by atoms with Crippen molar-refractivity contribution < 1.29 is 9.84 Å². The van der Waals surface area contributed by atoms with Crippen LogP contribution in [0.4, 0.5) is 5.95 Å². The normalized spacial score (nSPS) is 27.2. The number of aliphatic hydroxyl groups is 1. The summed E-state index contributed by atoms with van der Waals surface area (Å²) in [5, 5.41) is 9.30. The number of nitrogen functional groups attached to an aromatic ring is 1. The van der Waals surface area contributed by atoms with E-state index in [4.69, 9.17) is 10.5 Å². The highest BCUT2D eigenvalue weighted by molar-refractivity contribution is 5.70. The van der Waals surface area contributed by atoms with E-state index in [2.05, 4.69) is 15.0 Å². The molecular weight excluding hydrogens is 250 g/mol. The fraction of sp³-hybridized carbons (Fsp3) is 0.545. The predicted octanol–water partition coefficient (Wildman–Crippen LogP) is -0.238. The molecule has 2 atom stereocenters. The minimum Gasteiger partial charge on any atom is -0.393 e. The lowest BCUT2D eigenvalue weighted by Crippen LogP contribution is -2.28. The van der Waals surface area contributed by atoms with Crippen LogP contribution in [0.2, 0.25) is 0 Å². The molecule has 0 bridgehead atoms. The molecule has 1 aliphatic rings. The molecular formula is C11H15N5O3. The van der Waals surface area contributed by atoms with Gasteiger partial charge in [-0.1, -0.05) is 0 Å². The summed E-state index contributed by atoms with van der Waals surface area (Å²) in [5.41, 5.74) is 5.24. The van der Waals surface area contributed by atoms with E-state index < -0.39 is 5.60 Å². The first-order valence-electron chi connectivity index (χ1n) is 6.03. The van der Waals surface area contributed by atoms with Gasteiger partial charge in [-0.05, 0) is 19.8 Å². The molecule has 3 rings (SSSR count). The fourth-order valence-corrected chi connectivity index (χ4v) is 2.34. The van der Waals surface area contributed by atoms with Crippen LogP contribution in [0.1, 0.15) is 26.0 Å². The zero-order chi connectivity index (χ0) is 13.6. The molecule has 0 radical (unpaired) electrons. The van der Waals surface area contributed by atoms with Crippen LogP contribution < -0.4 is 11.3 Å². The first-order valence-corrected chi connectivity index (χ1v) is 6.03. The van der Waals surface area contributed by atoms with E-state index in [0.29, 0.717) is 5.65 Å². The number of rotatable bonds is 2. The Labute approximate surface area is 108 Å². The molecule has 1 fully saturated rings. The lowest BCUT2D eigenvalue weighted by Gasteiger charge is -2.22. The van der Waals surface area contributed by atoms with Gasteiger partial charge in [-0.2, -0.15) is 4.98 Å². The first-order chi connectivity index (χ1) is 9.02. The lowest BCUT2D eigenvalue weighted by atomic mass is 10.0. The van der Waals surface area contributed by atoms with Crippen LogP contribution in [0.15, 0.2) is 11.1 Å². The van der Waals surface area contributed by atoms with Crippen molar-refractivity contribution in [3.63, 3.8) is 0 Å². The van der Waals surface area contributed by atoms with E-state index in [-0.39, 0.29) is 29.9 Å². The van der Waals surface area contributed by atoms with Gasteiger partial charge >= 0.3 is 0 Å². The Kier molecular flexibility index (Phi) is 2.58. The second kappa shape index (κ2) is 4.04. The number of anilines is 1. The number of fused-ring (bicyclic) bond motifs is 1. The molecule has 0 amide bonds. The summed E-state index contributed by atoms with van der Waals surface area (Å²) >= 11 is 0. The van der Waals surface area contributed by atoms with Gasteiger partial charge < -0.3 is 15.6 Å². The van der Waals surface area contributed by atoms with Gasteiger partial charge in [0, 0.05) is 0 Å². The van der Waals surface area contributed by atoms with Crippen molar-refractivity contribution in [2.75, 3.05) is 12.3 Å². The van der Waals surface area contributed by atoms with Gasteiger partial charge in [0.1, 0.15) is 6.23 Å². The molecule has 4 N–H and O–H groups in total. The number of imidazole rings is 1. The number of ether oxygens (including phenoxy) is 1. The topological polar surface area (TPSA) is 119 Å². The van der Waals surface area contributed by atoms with Crippen molar-refractivity contribution in [3.8, 4) is 0 Å². The number of hydrogen-bond acceptors (Lipinski definition) is 6. The summed E-state index contributed by atoms with van der Waals surface area (Å²) in [6.07, 6.45) is 2.67. The third-order valence-electron chi connectivity index (χ3n) is 3.44. The van der Waals surface area contributed by atoms with Crippen molar-refractivity contribution in [1.29, 1.82) is 0 Å². The van der Waals surface area contributed by atoms with Gasteiger partial charge in [-0.15, -0.1) is 0 Å². The Hall–Kier alpha value is -1.93. The molecule has 8 nitrogen and oxygen atoms in total. The summed E-state index contributed by atoms with van der Waals surface area (Å²) in [6.45, 7) is 1.80. The number of nitrogens with zero attached hydrogens (tertiary/aromatic N) is 3. The van der Waals surface area contributed by atoms with Gasteiger partial charge in [-0.25, -0.2) is 4.98 Å². The maximum absolute atomic E-state index is 11.7. The first kappa shape index (κ1) is 12.1. The van der Waals surface area contributed by atoms with E-state index in [9.17, 15) is 9.90 Å². The highest BCUT2D eigenvalue weighted by Gasteiger charge is 2.37. The molecule has 102 valence electrons. The minimum atomic E-state index is -0.562. The Morgan fingerprint density at radius 1 is 1.74 bits per heavy atom. The highest BCUT2D eigenvalue weighted by atomic mass is 16.5. The van der Waals surface area contributed by atoms with Crippen LogP contribution in [-0.4, -0.2) is 36.8 Å². The number of nitrogens with two attached hydrogens (primary N) is 1. The highest BCUT2D eigenvalue weighted by Crippen LogP contribution is 2.36. The van der Waals surface area contributed by atoms with Crippen LogP contribution in [0.5, 0.6) is 0 Å². The maximum atomic E-state index is 11.7. The monoisotopic (exact) mass is 265 g/mol. The van der Waals surface area contributed by atoms with Gasteiger partial charge in [-0.3, -0.25) is 14.3 Å². The Morgan fingerprint density at radius 3 is 3.21 bits per heavy atom. The van der Waals surface area contributed by atoms with Gasteiger partial charge in [0.25, 0.3) is 5.56 Å². The van der Waals surface area contributed by atoms with Crippen LogP contribution in [-0.2, 0) is 4.74 Å². The van der Waals surface area contributed by atoms with Crippen LogP contribution in [0.25, 0.3) is 11.2 Å². The van der Waals surface area contributed by atoms with Gasteiger partial charge in [0.15, 0.2) is 11.2 Å². The molecule has 0 aromatic carbocycles.